The molecule has 0 aliphatic rings. The number of halogens is 5. The lowest BCUT2D eigenvalue weighted by molar-refractivity contribution is -0.274. The first-order valence-electron chi connectivity index (χ1n) is 8.85. The van der Waals surface area contributed by atoms with Crippen molar-refractivity contribution in [1.82, 2.24) is 0 Å². The number of benzene rings is 2. The van der Waals surface area contributed by atoms with Crippen LogP contribution in [0.15, 0.2) is 36.4 Å². The maximum Gasteiger partial charge on any atom is 0.573 e. The summed E-state index contributed by atoms with van der Waals surface area (Å²) in [6.45, 7) is 8.45. The van der Waals surface area contributed by atoms with Crippen molar-refractivity contribution in [2.45, 2.75) is 51.8 Å². The summed E-state index contributed by atoms with van der Waals surface area (Å²) in [5.41, 5.74) is 1.52. The van der Waals surface area contributed by atoms with Crippen LogP contribution < -0.4 is 9.47 Å². The molecule has 0 bridgehead atoms. The molecule has 0 aromatic heterocycles. The van der Waals surface area contributed by atoms with Gasteiger partial charge in [-0.25, -0.2) is 0 Å². The van der Waals surface area contributed by atoms with E-state index < -0.39 is 6.36 Å². The van der Waals surface area contributed by atoms with Crippen LogP contribution in [0.2, 0.25) is 10.0 Å². The highest BCUT2D eigenvalue weighted by molar-refractivity contribution is 6.33. The monoisotopic (exact) mass is 434 g/mol. The molecule has 2 nitrogen and oxygen atoms in total. The standard InChI is InChI=1S/C21H23Cl2F3O2/c1-13(14-10-15(22)12-16(11-14)28-21(24,25)26)8-9-27-18-7-5-6-17(19(18)23)20(2,3)4/h5-7,10-13H,8-9H2,1-4H3. The van der Waals surface area contributed by atoms with Crippen LogP contribution in [-0.4, -0.2) is 13.0 Å². The predicted octanol–water partition coefficient (Wildman–Crippen LogP) is 7.76. The summed E-state index contributed by atoms with van der Waals surface area (Å²) < 4.78 is 47.2. The van der Waals surface area contributed by atoms with Crippen LogP contribution in [0.3, 0.4) is 0 Å². The topological polar surface area (TPSA) is 18.5 Å². The van der Waals surface area contributed by atoms with Gasteiger partial charge in [-0.15, -0.1) is 13.2 Å². The number of rotatable bonds is 6. The zero-order valence-electron chi connectivity index (χ0n) is 16.2. The molecule has 2 aromatic rings. The summed E-state index contributed by atoms with van der Waals surface area (Å²) in [7, 11) is 0. The molecule has 0 radical (unpaired) electrons. The quantitative estimate of drug-likeness (QED) is 0.462. The lowest BCUT2D eigenvalue weighted by atomic mass is 9.87. The Hall–Kier alpha value is -1.59. The van der Waals surface area contributed by atoms with E-state index in [2.05, 4.69) is 25.5 Å². The lowest BCUT2D eigenvalue weighted by Gasteiger charge is -2.22. The molecule has 7 heteroatoms. The molecule has 0 aliphatic carbocycles. The second-order valence-corrected chi connectivity index (χ2v) is 8.49. The lowest BCUT2D eigenvalue weighted by Crippen LogP contribution is -2.17. The molecule has 0 spiro atoms. The Kier molecular flexibility index (Phi) is 7.16. The molecular formula is C21H23Cl2F3O2. The van der Waals surface area contributed by atoms with Crippen molar-refractivity contribution in [3.63, 3.8) is 0 Å². The van der Waals surface area contributed by atoms with Crippen LogP contribution in [0.25, 0.3) is 0 Å². The fourth-order valence-corrected chi connectivity index (χ4v) is 3.47. The van der Waals surface area contributed by atoms with Gasteiger partial charge in [0.15, 0.2) is 0 Å². The van der Waals surface area contributed by atoms with Crippen molar-refractivity contribution in [2.75, 3.05) is 6.61 Å². The summed E-state index contributed by atoms with van der Waals surface area (Å²) in [5.74, 6) is 0.177. The van der Waals surface area contributed by atoms with Gasteiger partial charge in [-0.3, -0.25) is 0 Å². The van der Waals surface area contributed by atoms with Crippen molar-refractivity contribution >= 4 is 23.2 Å². The van der Waals surface area contributed by atoms with Gasteiger partial charge in [0.25, 0.3) is 0 Å². The molecule has 0 saturated heterocycles. The van der Waals surface area contributed by atoms with E-state index in [0.29, 0.717) is 29.4 Å². The van der Waals surface area contributed by atoms with E-state index in [-0.39, 0.29) is 22.1 Å². The third-order valence-electron chi connectivity index (χ3n) is 4.28. The van der Waals surface area contributed by atoms with E-state index in [9.17, 15) is 13.2 Å². The first kappa shape index (κ1) is 22.7. The van der Waals surface area contributed by atoms with Crippen molar-refractivity contribution in [2.24, 2.45) is 0 Å². The fraction of sp³-hybridized carbons (Fsp3) is 0.429. The summed E-state index contributed by atoms with van der Waals surface area (Å²) in [4.78, 5) is 0. The van der Waals surface area contributed by atoms with Gasteiger partial charge in [0.05, 0.1) is 11.6 Å². The van der Waals surface area contributed by atoms with Gasteiger partial charge in [-0.2, -0.15) is 0 Å². The van der Waals surface area contributed by atoms with Crippen molar-refractivity contribution in [3.05, 3.63) is 57.6 Å². The van der Waals surface area contributed by atoms with Gasteiger partial charge in [-0.05, 0) is 53.1 Å². The molecule has 0 fully saturated rings. The van der Waals surface area contributed by atoms with E-state index in [1.165, 1.54) is 6.07 Å². The summed E-state index contributed by atoms with van der Waals surface area (Å²) in [5, 5.41) is 0.761. The van der Waals surface area contributed by atoms with Crippen LogP contribution in [0.4, 0.5) is 13.2 Å². The Morgan fingerprint density at radius 3 is 2.32 bits per heavy atom. The van der Waals surface area contributed by atoms with Gasteiger partial charge in [-0.1, -0.05) is 63.0 Å². The van der Waals surface area contributed by atoms with E-state index in [0.717, 1.165) is 11.6 Å². The minimum atomic E-state index is -4.76. The van der Waals surface area contributed by atoms with Gasteiger partial charge >= 0.3 is 6.36 Å². The largest absolute Gasteiger partial charge is 0.573 e. The van der Waals surface area contributed by atoms with Crippen molar-refractivity contribution in [1.29, 1.82) is 0 Å². The average Bonchev–Trinajstić information content (AvgIpc) is 2.53. The highest BCUT2D eigenvalue weighted by atomic mass is 35.5. The van der Waals surface area contributed by atoms with Crippen LogP contribution in [-0.2, 0) is 5.41 Å². The van der Waals surface area contributed by atoms with E-state index in [1.54, 1.807) is 12.1 Å². The summed E-state index contributed by atoms with van der Waals surface area (Å²) >= 11 is 12.4. The third-order valence-corrected chi connectivity index (χ3v) is 4.88. The highest BCUT2D eigenvalue weighted by Crippen LogP contribution is 2.36. The molecule has 28 heavy (non-hydrogen) atoms. The first-order valence-corrected chi connectivity index (χ1v) is 9.60. The molecule has 2 rings (SSSR count). The molecule has 0 N–H and O–H groups in total. The molecule has 1 atom stereocenters. The highest BCUT2D eigenvalue weighted by Gasteiger charge is 2.31. The van der Waals surface area contributed by atoms with Crippen molar-refractivity contribution < 1.29 is 22.6 Å². The normalized spacial score (nSPS) is 13.3. The molecule has 0 aliphatic heterocycles. The second kappa shape index (κ2) is 8.83. The average molecular weight is 435 g/mol. The zero-order valence-corrected chi connectivity index (χ0v) is 17.7. The maximum absolute atomic E-state index is 12.5. The molecular weight excluding hydrogens is 412 g/mol. The molecule has 1 unspecified atom stereocenters. The van der Waals surface area contributed by atoms with Crippen LogP contribution in [0.5, 0.6) is 11.5 Å². The molecule has 0 heterocycles. The number of alkyl halides is 3. The first-order chi connectivity index (χ1) is 12.9. The van der Waals surface area contributed by atoms with E-state index in [4.69, 9.17) is 27.9 Å². The number of hydrogen-bond acceptors (Lipinski definition) is 2. The minimum absolute atomic E-state index is 0.0844. The van der Waals surface area contributed by atoms with Crippen LogP contribution in [0.1, 0.15) is 51.2 Å². The maximum atomic E-state index is 12.5. The number of ether oxygens (including phenoxy) is 2. The minimum Gasteiger partial charge on any atom is -0.492 e. The van der Waals surface area contributed by atoms with E-state index >= 15 is 0 Å². The molecule has 0 saturated carbocycles. The molecule has 154 valence electrons. The Morgan fingerprint density at radius 1 is 1.04 bits per heavy atom. The van der Waals surface area contributed by atoms with Gasteiger partial charge in [0.2, 0.25) is 0 Å². The Balaban J connectivity index is 2.05. The molecule has 0 amide bonds. The Bertz CT molecular complexity index is 814. The van der Waals surface area contributed by atoms with Crippen LogP contribution >= 0.6 is 23.2 Å². The summed E-state index contributed by atoms with van der Waals surface area (Å²) in [6.07, 6.45) is -4.19. The molecule has 2 aromatic carbocycles. The van der Waals surface area contributed by atoms with Gasteiger partial charge < -0.3 is 9.47 Å². The summed E-state index contributed by atoms with van der Waals surface area (Å²) in [6, 6.07) is 9.77. The SMILES string of the molecule is CC(CCOc1cccc(C(C)(C)C)c1Cl)c1cc(Cl)cc(OC(F)(F)F)c1. The van der Waals surface area contributed by atoms with Crippen molar-refractivity contribution in [3.8, 4) is 11.5 Å². The predicted molar refractivity (Wildman–Crippen MR) is 107 cm³/mol. The van der Waals surface area contributed by atoms with Crippen LogP contribution in [0, 0.1) is 0 Å². The smallest absolute Gasteiger partial charge is 0.492 e. The Labute approximate surface area is 173 Å². The Morgan fingerprint density at radius 2 is 1.71 bits per heavy atom. The van der Waals surface area contributed by atoms with Gasteiger partial charge in [0.1, 0.15) is 11.5 Å². The second-order valence-electron chi connectivity index (χ2n) is 7.67. The van der Waals surface area contributed by atoms with Gasteiger partial charge in [0, 0.05) is 5.02 Å². The van der Waals surface area contributed by atoms with E-state index in [1.807, 2.05) is 19.1 Å². The fourth-order valence-electron chi connectivity index (χ4n) is 2.78. The number of hydrogen-bond donors (Lipinski definition) is 0. The third kappa shape index (κ3) is 6.49. The zero-order chi connectivity index (χ0) is 21.1.